The van der Waals surface area contributed by atoms with Crippen molar-refractivity contribution < 1.29 is 56.6 Å². The number of aliphatic hydroxyl groups excluding tert-OH is 4. The van der Waals surface area contributed by atoms with Crippen molar-refractivity contribution in [2.75, 3.05) is 6.61 Å². The molecular weight excluding hydrogens is 500 g/mol. The molecule has 0 aliphatic carbocycles. The Labute approximate surface area is 200 Å². The Morgan fingerprint density at radius 2 is 1.44 bits per heavy atom. The van der Waals surface area contributed by atoms with Crippen LogP contribution in [0.4, 0.5) is 26.3 Å². The average Bonchev–Trinajstić information content (AvgIpc) is 2.81. The second-order valence-corrected chi connectivity index (χ2v) is 8.36. The van der Waals surface area contributed by atoms with Crippen molar-refractivity contribution in [1.29, 1.82) is 5.26 Å². The van der Waals surface area contributed by atoms with Gasteiger partial charge in [0.2, 0.25) is 0 Å². The Balaban J connectivity index is 1.93. The molecule has 0 aromatic heterocycles. The van der Waals surface area contributed by atoms with Gasteiger partial charge in [0.05, 0.1) is 18.2 Å². The summed E-state index contributed by atoms with van der Waals surface area (Å²) in [7, 11) is 0. The van der Waals surface area contributed by atoms with Crippen molar-refractivity contribution in [2.45, 2.75) is 54.9 Å². The van der Waals surface area contributed by atoms with Gasteiger partial charge in [-0.1, -0.05) is 36.4 Å². The van der Waals surface area contributed by atoms with E-state index in [-0.39, 0.29) is 28.7 Å². The van der Waals surface area contributed by atoms with E-state index in [2.05, 4.69) is 0 Å². The van der Waals surface area contributed by atoms with Crippen molar-refractivity contribution in [1.82, 2.24) is 0 Å². The van der Waals surface area contributed by atoms with Crippen LogP contribution in [0.5, 0.6) is 0 Å². The molecular formula is C23H21F6NO6. The van der Waals surface area contributed by atoms with Gasteiger partial charge in [-0.25, -0.2) is 0 Å². The lowest BCUT2D eigenvalue weighted by Gasteiger charge is -2.40. The molecule has 196 valence electrons. The Hall–Kier alpha value is -2.73. The largest absolute Gasteiger partial charge is 0.430 e. The van der Waals surface area contributed by atoms with Crippen LogP contribution in [0.2, 0.25) is 0 Å². The van der Waals surface area contributed by atoms with Crippen LogP contribution in [0.25, 0.3) is 0 Å². The van der Waals surface area contributed by atoms with E-state index >= 15 is 0 Å². The van der Waals surface area contributed by atoms with Crippen molar-refractivity contribution in [3.63, 3.8) is 0 Å². The van der Waals surface area contributed by atoms with Crippen LogP contribution in [-0.2, 0) is 16.8 Å². The third-order valence-corrected chi connectivity index (χ3v) is 6.06. The van der Waals surface area contributed by atoms with Crippen molar-refractivity contribution in [3.05, 3.63) is 70.3 Å². The lowest BCUT2D eigenvalue weighted by molar-refractivity contribution is -0.376. The summed E-state index contributed by atoms with van der Waals surface area (Å²) in [5.74, 6) is 0. The monoisotopic (exact) mass is 521 g/mol. The van der Waals surface area contributed by atoms with E-state index in [9.17, 15) is 57.1 Å². The third kappa shape index (κ3) is 4.93. The van der Waals surface area contributed by atoms with Crippen LogP contribution in [0, 0.1) is 11.3 Å². The minimum atomic E-state index is -6.03. The van der Waals surface area contributed by atoms with Crippen molar-refractivity contribution in [3.8, 4) is 6.07 Å². The molecule has 0 saturated carbocycles. The molecule has 0 amide bonds. The standard InChI is InChI=1S/C23H21F6NO6/c24-22(25,26)21(35,23(27,28)29)15-5-1-11(2-6-15)7-14-8-12(3-4-13(14)9-30)20-19(34)18(33)17(32)16(10-31)36-20/h1-6,8,16-20,31-35H,7,10H2/t16-,17+,18?,19+,20-/m0/s1. The van der Waals surface area contributed by atoms with Gasteiger partial charge in [0, 0.05) is 5.56 Å². The van der Waals surface area contributed by atoms with Crippen molar-refractivity contribution >= 4 is 0 Å². The van der Waals surface area contributed by atoms with E-state index in [1.54, 1.807) is 0 Å². The fraction of sp³-hybridized carbons (Fsp3) is 0.435. The normalized spacial score (nSPS) is 25.4. The van der Waals surface area contributed by atoms with E-state index in [1.807, 2.05) is 6.07 Å². The molecule has 36 heavy (non-hydrogen) atoms. The van der Waals surface area contributed by atoms with Gasteiger partial charge < -0.3 is 30.3 Å². The smallest absolute Gasteiger partial charge is 0.394 e. The zero-order valence-electron chi connectivity index (χ0n) is 18.2. The zero-order chi connectivity index (χ0) is 27.1. The maximum Gasteiger partial charge on any atom is 0.430 e. The predicted molar refractivity (Wildman–Crippen MR) is 109 cm³/mol. The molecule has 7 nitrogen and oxygen atoms in total. The molecule has 0 spiro atoms. The average molecular weight is 521 g/mol. The van der Waals surface area contributed by atoms with Gasteiger partial charge in [0.15, 0.2) is 0 Å². The molecule has 1 aliphatic heterocycles. The maximum absolute atomic E-state index is 13.1. The molecule has 1 unspecified atom stereocenters. The van der Waals surface area contributed by atoms with Crippen LogP contribution in [0.15, 0.2) is 42.5 Å². The second kappa shape index (κ2) is 9.97. The molecule has 0 bridgehead atoms. The first-order valence-corrected chi connectivity index (χ1v) is 10.4. The molecule has 1 saturated heterocycles. The third-order valence-electron chi connectivity index (χ3n) is 6.06. The number of halogens is 6. The highest BCUT2D eigenvalue weighted by Crippen LogP contribution is 2.50. The number of ether oxygens (including phenoxy) is 1. The van der Waals surface area contributed by atoms with E-state index in [4.69, 9.17) is 4.74 Å². The minimum Gasteiger partial charge on any atom is -0.394 e. The summed E-state index contributed by atoms with van der Waals surface area (Å²) >= 11 is 0. The van der Waals surface area contributed by atoms with Gasteiger partial charge in [-0.3, -0.25) is 0 Å². The van der Waals surface area contributed by atoms with Crippen LogP contribution >= 0.6 is 0 Å². The predicted octanol–water partition coefficient (Wildman–Crippen LogP) is 1.98. The molecule has 2 aromatic rings. The molecule has 1 fully saturated rings. The molecule has 13 heteroatoms. The first kappa shape index (κ1) is 27.9. The molecule has 1 aliphatic rings. The highest BCUT2D eigenvalue weighted by atomic mass is 19.4. The van der Waals surface area contributed by atoms with Gasteiger partial charge in [0.25, 0.3) is 5.60 Å². The summed E-state index contributed by atoms with van der Waals surface area (Å²) in [6.45, 7) is -0.668. The number of alkyl halides is 6. The van der Waals surface area contributed by atoms with E-state index in [0.717, 1.165) is 12.1 Å². The number of rotatable bonds is 5. The Kier molecular flexibility index (Phi) is 7.71. The Bertz CT molecular complexity index is 1100. The summed E-state index contributed by atoms with van der Waals surface area (Å²) < 4.78 is 84.1. The van der Waals surface area contributed by atoms with E-state index < -0.39 is 60.6 Å². The number of nitrogens with zero attached hydrogens (tertiary/aromatic N) is 1. The van der Waals surface area contributed by atoms with E-state index in [0.29, 0.717) is 12.1 Å². The van der Waals surface area contributed by atoms with Crippen LogP contribution in [0.1, 0.15) is 33.9 Å². The quantitative estimate of drug-likeness (QED) is 0.380. The number of hydrogen-bond acceptors (Lipinski definition) is 7. The molecule has 5 atom stereocenters. The lowest BCUT2D eigenvalue weighted by Crippen LogP contribution is -2.55. The van der Waals surface area contributed by atoms with Crippen LogP contribution < -0.4 is 0 Å². The summed E-state index contributed by atoms with van der Waals surface area (Å²) in [6.07, 6.45) is -19.5. The van der Waals surface area contributed by atoms with Gasteiger partial charge in [-0.15, -0.1) is 0 Å². The number of hydrogen-bond donors (Lipinski definition) is 5. The molecule has 2 aromatic carbocycles. The molecule has 3 rings (SSSR count). The van der Waals surface area contributed by atoms with Gasteiger partial charge >= 0.3 is 12.4 Å². The SMILES string of the molecule is N#Cc1ccc([C@@H]2O[C@@H](CO)[C@@H](O)C(O)[C@H]2O)cc1Cc1ccc(C(O)(C(F)(F)F)C(F)(F)F)cc1. The number of nitriles is 1. The number of aliphatic hydroxyl groups is 5. The summed E-state index contributed by atoms with van der Waals surface area (Å²) in [4.78, 5) is 0. The first-order valence-electron chi connectivity index (χ1n) is 10.4. The zero-order valence-corrected chi connectivity index (χ0v) is 18.2. The van der Waals surface area contributed by atoms with Crippen LogP contribution in [-0.4, -0.2) is 68.9 Å². The first-order chi connectivity index (χ1) is 16.7. The maximum atomic E-state index is 13.1. The van der Waals surface area contributed by atoms with Gasteiger partial charge in [0.1, 0.15) is 30.5 Å². The minimum absolute atomic E-state index is 0.106. The highest BCUT2D eigenvalue weighted by Gasteiger charge is 2.71. The fourth-order valence-electron chi connectivity index (χ4n) is 3.99. The number of benzene rings is 2. The lowest BCUT2D eigenvalue weighted by atomic mass is 9.88. The molecule has 0 radical (unpaired) electrons. The summed E-state index contributed by atoms with van der Waals surface area (Å²) in [5.41, 5.74) is -5.69. The molecule has 1 heterocycles. The van der Waals surface area contributed by atoms with E-state index in [1.165, 1.54) is 18.2 Å². The van der Waals surface area contributed by atoms with Crippen molar-refractivity contribution in [2.24, 2.45) is 0 Å². The Morgan fingerprint density at radius 3 is 1.94 bits per heavy atom. The summed E-state index contributed by atoms with van der Waals surface area (Å²) in [5, 5.41) is 58.6. The Morgan fingerprint density at radius 1 is 0.861 bits per heavy atom. The second-order valence-electron chi connectivity index (χ2n) is 8.36. The van der Waals surface area contributed by atoms with Gasteiger partial charge in [-0.2, -0.15) is 31.6 Å². The highest BCUT2D eigenvalue weighted by molar-refractivity contribution is 5.44. The topological polar surface area (TPSA) is 134 Å². The molecule has 5 N–H and O–H groups in total. The summed E-state index contributed by atoms with van der Waals surface area (Å²) in [6, 6.07) is 8.89. The fourth-order valence-corrected chi connectivity index (χ4v) is 3.99. The van der Waals surface area contributed by atoms with Crippen LogP contribution in [0.3, 0.4) is 0 Å². The van der Waals surface area contributed by atoms with Gasteiger partial charge in [-0.05, 0) is 29.2 Å².